The molecule has 1 fully saturated rings. The molecule has 0 spiro atoms. The van der Waals surface area contributed by atoms with Crippen LogP contribution in [0.5, 0.6) is 17.2 Å². The summed E-state index contributed by atoms with van der Waals surface area (Å²) in [6.07, 6.45) is 0.696. The first-order chi connectivity index (χ1) is 12.9. The van der Waals surface area contributed by atoms with Crippen molar-refractivity contribution in [2.75, 3.05) is 45.9 Å². The molecule has 1 saturated heterocycles. The van der Waals surface area contributed by atoms with Crippen molar-refractivity contribution in [2.24, 2.45) is 10.9 Å². The smallest absolute Gasteiger partial charge is 0.203 e. The minimum absolute atomic E-state index is 0.125. The summed E-state index contributed by atoms with van der Waals surface area (Å²) < 4.78 is 39.2. The molecular formula is C18H29N3O5S. The highest BCUT2D eigenvalue weighted by atomic mass is 32.2. The maximum Gasteiger partial charge on any atom is 0.203 e. The first-order valence-corrected chi connectivity index (χ1v) is 10.8. The molecule has 1 aliphatic heterocycles. The molecule has 2 N–H and O–H groups in total. The molecule has 1 aromatic rings. The number of methoxy groups -OCH3 is 3. The Morgan fingerprint density at radius 1 is 1.15 bits per heavy atom. The van der Waals surface area contributed by atoms with Crippen molar-refractivity contribution in [3.8, 4) is 17.2 Å². The van der Waals surface area contributed by atoms with Gasteiger partial charge in [-0.1, -0.05) is 0 Å². The third-order valence-electron chi connectivity index (χ3n) is 4.37. The molecule has 0 aromatic heterocycles. The topological polar surface area (TPSA) is 98.2 Å². The van der Waals surface area contributed by atoms with E-state index < -0.39 is 9.84 Å². The zero-order valence-electron chi connectivity index (χ0n) is 16.4. The number of sulfone groups is 1. The van der Waals surface area contributed by atoms with Crippen molar-refractivity contribution in [3.63, 3.8) is 0 Å². The lowest BCUT2D eigenvalue weighted by atomic mass is 10.1. The van der Waals surface area contributed by atoms with E-state index in [2.05, 4.69) is 15.6 Å². The summed E-state index contributed by atoms with van der Waals surface area (Å²) in [6.45, 7) is 3.69. The van der Waals surface area contributed by atoms with Gasteiger partial charge in [-0.3, -0.25) is 0 Å². The molecule has 0 bridgehead atoms. The molecule has 0 radical (unpaired) electrons. The molecule has 1 aromatic carbocycles. The minimum Gasteiger partial charge on any atom is -0.493 e. The number of aliphatic imine (C=N–C) groups is 1. The van der Waals surface area contributed by atoms with E-state index in [9.17, 15) is 8.42 Å². The lowest BCUT2D eigenvalue weighted by molar-refractivity contribution is 0.324. The molecule has 1 unspecified atom stereocenters. The first kappa shape index (κ1) is 21.1. The molecule has 9 heteroatoms. The molecular weight excluding hydrogens is 370 g/mol. The summed E-state index contributed by atoms with van der Waals surface area (Å²) in [5.74, 6) is 2.99. The number of nitrogens with one attached hydrogen (secondary N) is 2. The summed E-state index contributed by atoms with van der Waals surface area (Å²) in [5, 5.41) is 6.42. The van der Waals surface area contributed by atoms with Crippen LogP contribution >= 0.6 is 0 Å². The van der Waals surface area contributed by atoms with Gasteiger partial charge in [0.25, 0.3) is 0 Å². The molecule has 27 heavy (non-hydrogen) atoms. The fraction of sp³-hybridized carbons (Fsp3) is 0.611. The average Bonchev–Trinajstić information content (AvgIpc) is 3.01. The maximum absolute atomic E-state index is 11.6. The molecule has 8 nitrogen and oxygen atoms in total. The van der Waals surface area contributed by atoms with E-state index in [-0.39, 0.29) is 17.4 Å². The zero-order valence-corrected chi connectivity index (χ0v) is 17.2. The molecule has 0 saturated carbocycles. The Kier molecular flexibility index (Phi) is 7.58. The number of nitrogens with zero attached hydrogens (tertiary/aromatic N) is 1. The van der Waals surface area contributed by atoms with Gasteiger partial charge >= 0.3 is 0 Å². The number of benzene rings is 1. The average molecular weight is 400 g/mol. The number of hydrogen-bond donors (Lipinski definition) is 2. The van der Waals surface area contributed by atoms with Gasteiger partial charge in [-0.05, 0) is 37.0 Å². The van der Waals surface area contributed by atoms with Crippen LogP contribution in [0, 0.1) is 5.92 Å². The highest BCUT2D eigenvalue weighted by Gasteiger charge is 2.27. The highest BCUT2D eigenvalue weighted by molar-refractivity contribution is 7.91. The first-order valence-electron chi connectivity index (χ1n) is 8.93. The Labute approximate surface area is 161 Å². The summed E-state index contributed by atoms with van der Waals surface area (Å²) >= 11 is 0. The number of guanidine groups is 1. The van der Waals surface area contributed by atoms with Gasteiger partial charge in [-0.15, -0.1) is 0 Å². The van der Waals surface area contributed by atoms with E-state index in [0.29, 0.717) is 49.3 Å². The van der Waals surface area contributed by atoms with Crippen molar-refractivity contribution in [3.05, 3.63) is 17.7 Å². The SMILES string of the molecule is CCNC(=NCc1cc(OC)c(OC)c(OC)c1)NCC1CCS(=O)(=O)C1. The van der Waals surface area contributed by atoms with Crippen LogP contribution in [0.15, 0.2) is 17.1 Å². The molecule has 1 heterocycles. The van der Waals surface area contributed by atoms with Crippen molar-refractivity contribution >= 4 is 15.8 Å². The largest absolute Gasteiger partial charge is 0.493 e. The van der Waals surface area contributed by atoms with Gasteiger partial charge in [0.15, 0.2) is 27.3 Å². The van der Waals surface area contributed by atoms with Crippen LogP contribution in [0.4, 0.5) is 0 Å². The van der Waals surface area contributed by atoms with E-state index in [1.165, 1.54) is 0 Å². The van der Waals surface area contributed by atoms with Crippen LogP contribution in [0.25, 0.3) is 0 Å². The fourth-order valence-electron chi connectivity index (χ4n) is 3.01. The van der Waals surface area contributed by atoms with E-state index in [4.69, 9.17) is 14.2 Å². The van der Waals surface area contributed by atoms with Crippen LogP contribution in [0.2, 0.25) is 0 Å². The standard InChI is InChI=1S/C18H29N3O5S/c1-5-19-18(20-10-13-6-7-27(22,23)12-13)21-11-14-8-15(24-2)17(26-4)16(9-14)25-3/h8-9,13H,5-7,10-12H2,1-4H3,(H2,19,20,21). The second-order valence-electron chi connectivity index (χ2n) is 6.38. The van der Waals surface area contributed by atoms with Gasteiger partial charge in [0, 0.05) is 13.1 Å². The van der Waals surface area contributed by atoms with Crippen molar-refractivity contribution in [1.82, 2.24) is 10.6 Å². The second-order valence-corrected chi connectivity index (χ2v) is 8.61. The van der Waals surface area contributed by atoms with E-state index in [1.807, 2.05) is 19.1 Å². The Hall–Kier alpha value is -2.16. The Morgan fingerprint density at radius 2 is 1.81 bits per heavy atom. The normalized spacial score (nSPS) is 18.8. The van der Waals surface area contributed by atoms with E-state index in [1.54, 1.807) is 21.3 Å². The van der Waals surface area contributed by atoms with Crippen LogP contribution < -0.4 is 24.8 Å². The summed E-state index contributed by atoms with van der Waals surface area (Å²) in [6, 6.07) is 3.72. The third kappa shape index (κ3) is 5.92. The Balaban J connectivity index is 2.07. The van der Waals surface area contributed by atoms with Crippen molar-refractivity contribution in [1.29, 1.82) is 0 Å². The van der Waals surface area contributed by atoms with Crippen LogP contribution in [0.1, 0.15) is 18.9 Å². The molecule has 2 rings (SSSR count). The predicted octanol–water partition coefficient (Wildman–Crippen LogP) is 1.20. The quantitative estimate of drug-likeness (QED) is 0.501. The van der Waals surface area contributed by atoms with Crippen LogP contribution in [-0.4, -0.2) is 60.3 Å². The summed E-state index contributed by atoms with van der Waals surface area (Å²) in [4.78, 5) is 4.58. The number of ether oxygens (including phenoxy) is 3. The number of hydrogen-bond acceptors (Lipinski definition) is 6. The monoisotopic (exact) mass is 399 g/mol. The van der Waals surface area contributed by atoms with Gasteiger partial charge in [0.1, 0.15) is 0 Å². The third-order valence-corrected chi connectivity index (χ3v) is 6.21. The van der Waals surface area contributed by atoms with Gasteiger partial charge in [0.2, 0.25) is 5.75 Å². The lowest BCUT2D eigenvalue weighted by Gasteiger charge is -2.15. The van der Waals surface area contributed by atoms with E-state index >= 15 is 0 Å². The fourth-order valence-corrected chi connectivity index (χ4v) is 4.87. The Bertz CT molecular complexity index is 739. The maximum atomic E-state index is 11.6. The van der Waals surface area contributed by atoms with Gasteiger partial charge < -0.3 is 24.8 Å². The lowest BCUT2D eigenvalue weighted by Crippen LogP contribution is -2.40. The van der Waals surface area contributed by atoms with E-state index in [0.717, 1.165) is 5.56 Å². The molecule has 0 amide bonds. The van der Waals surface area contributed by atoms with Crippen molar-refractivity contribution < 1.29 is 22.6 Å². The van der Waals surface area contributed by atoms with Gasteiger partial charge in [0.05, 0.1) is 39.4 Å². The predicted molar refractivity (Wildman–Crippen MR) is 106 cm³/mol. The molecule has 1 atom stereocenters. The van der Waals surface area contributed by atoms with Gasteiger partial charge in [-0.2, -0.15) is 0 Å². The molecule has 0 aliphatic carbocycles. The summed E-state index contributed by atoms with van der Waals surface area (Å²) in [5.41, 5.74) is 0.908. The molecule has 152 valence electrons. The minimum atomic E-state index is -2.87. The highest BCUT2D eigenvalue weighted by Crippen LogP contribution is 2.38. The second kappa shape index (κ2) is 9.68. The molecule has 1 aliphatic rings. The van der Waals surface area contributed by atoms with Crippen LogP contribution in [-0.2, 0) is 16.4 Å². The van der Waals surface area contributed by atoms with Crippen LogP contribution in [0.3, 0.4) is 0 Å². The van der Waals surface area contributed by atoms with Gasteiger partial charge in [-0.25, -0.2) is 13.4 Å². The Morgan fingerprint density at radius 3 is 2.30 bits per heavy atom. The number of rotatable bonds is 8. The zero-order chi connectivity index (χ0) is 19.9. The van der Waals surface area contributed by atoms with Crippen molar-refractivity contribution in [2.45, 2.75) is 19.9 Å². The summed E-state index contributed by atoms with van der Waals surface area (Å²) in [7, 11) is 1.84.